The molecule has 1 aromatic rings. The summed E-state index contributed by atoms with van der Waals surface area (Å²) in [6.45, 7) is -0.383. The number of nitro benzene ring substituents is 1. The number of carbonyl (C=O) groups is 1. The van der Waals surface area contributed by atoms with E-state index in [-0.39, 0.29) is 24.5 Å². The summed E-state index contributed by atoms with van der Waals surface area (Å²) < 4.78 is 0. The first-order chi connectivity index (χ1) is 8.06. The summed E-state index contributed by atoms with van der Waals surface area (Å²) in [5.41, 5.74) is 0.0434. The van der Waals surface area contributed by atoms with E-state index in [1.165, 1.54) is 23.1 Å². The minimum Gasteiger partial charge on any atom is -0.480 e. The van der Waals surface area contributed by atoms with Crippen molar-refractivity contribution in [2.75, 3.05) is 18.0 Å². The van der Waals surface area contributed by atoms with Gasteiger partial charge in [0.05, 0.1) is 11.5 Å². The first-order valence-corrected chi connectivity index (χ1v) is 4.70. The van der Waals surface area contributed by atoms with Gasteiger partial charge in [0.2, 0.25) is 0 Å². The van der Waals surface area contributed by atoms with Crippen LogP contribution in [0.5, 0.6) is 0 Å². The van der Waals surface area contributed by atoms with Gasteiger partial charge in [0, 0.05) is 6.07 Å². The van der Waals surface area contributed by atoms with Crippen LogP contribution >= 0.6 is 0 Å². The molecule has 0 saturated carbocycles. The highest BCUT2D eigenvalue weighted by molar-refractivity contribution is 5.76. The van der Waals surface area contributed by atoms with Crippen LogP contribution < -0.4 is 4.90 Å². The standard InChI is InChI=1S/C11H10N2O4/c1-2-7-12(8-11(14)15)9-5-3-4-6-10(9)13(16)17/h1,3-6H,7-8H2,(H,14,15). The maximum Gasteiger partial charge on any atom is 0.323 e. The molecular weight excluding hydrogens is 224 g/mol. The van der Waals surface area contributed by atoms with Gasteiger partial charge < -0.3 is 10.0 Å². The number of rotatable bonds is 5. The highest BCUT2D eigenvalue weighted by atomic mass is 16.6. The first-order valence-electron chi connectivity index (χ1n) is 4.70. The monoisotopic (exact) mass is 234 g/mol. The molecule has 0 atom stereocenters. The van der Waals surface area contributed by atoms with Crippen LogP contribution in [0.2, 0.25) is 0 Å². The Kier molecular flexibility index (Phi) is 4.06. The highest BCUT2D eigenvalue weighted by Crippen LogP contribution is 2.27. The molecular formula is C11H10N2O4. The Morgan fingerprint density at radius 1 is 1.53 bits per heavy atom. The Morgan fingerprint density at radius 2 is 2.18 bits per heavy atom. The van der Waals surface area contributed by atoms with E-state index in [0.29, 0.717) is 0 Å². The fourth-order valence-electron chi connectivity index (χ4n) is 1.39. The third kappa shape index (κ3) is 3.21. The number of anilines is 1. The molecule has 0 aromatic heterocycles. The zero-order valence-electron chi connectivity index (χ0n) is 8.87. The number of benzene rings is 1. The predicted molar refractivity (Wildman–Crippen MR) is 61.8 cm³/mol. The number of aliphatic carboxylic acids is 1. The maximum absolute atomic E-state index is 10.8. The number of carboxylic acid groups (broad SMARTS) is 1. The van der Waals surface area contributed by atoms with Crippen molar-refractivity contribution in [3.05, 3.63) is 34.4 Å². The van der Waals surface area contributed by atoms with Crippen molar-refractivity contribution < 1.29 is 14.8 Å². The molecule has 0 amide bonds. The summed E-state index contributed by atoms with van der Waals surface area (Å²) in [4.78, 5) is 22.2. The van der Waals surface area contributed by atoms with Crippen molar-refractivity contribution >= 4 is 17.3 Å². The van der Waals surface area contributed by atoms with E-state index in [1.54, 1.807) is 6.07 Å². The van der Waals surface area contributed by atoms with E-state index in [1.807, 2.05) is 0 Å². The smallest absolute Gasteiger partial charge is 0.323 e. The van der Waals surface area contributed by atoms with Gasteiger partial charge >= 0.3 is 5.97 Å². The van der Waals surface area contributed by atoms with Gasteiger partial charge in [-0.15, -0.1) is 6.42 Å². The lowest BCUT2D eigenvalue weighted by Gasteiger charge is -2.19. The molecule has 1 aromatic carbocycles. The average Bonchev–Trinajstić information content (AvgIpc) is 2.28. The lowest BCUT2D eigenvalue weighted by atomic mass is 10.2. The molecule has 0 aliphatic heterocycles. The Hall–Kier alpha value is -2.55. The quantitative estimate of drug-likeness (QED) is 0.469. The normalized spacial score (nSPS) is 9.35. The van der Waals surface area contributed by atoms with Crippen LogP contribution in [0.4, 0.5) is 11.4 Å². The van der Waals surface area contributed by atoms with Gasteiger partial charge in [-0.25, -0.2) is 0 Å². The summed E-state index contributed by atoms with van der Waals surface area (Å²) in [7, 11) is 0. The Bertz CT molecular complexity index is 479. The van der Waals surface area contributed by atoms with Gasteiger partial charge in [-0.2, -0.15) is 0 Å². The summed E-state index contributed by atoms with van der Waals surface area (Å²) in [5.74, 6) is 1.18. The number of para-hydroxylation sites is 2. The highest BCUT2D eigenvalue weighted by Gasteiger charge is 2.19. The van der Waals surface area contributed by atoms with Gasteiger partial charge in [0.1, 0.15) is 12.2 Å². The van der Waals surface area contributed by atoms with Crippen molar-refractivity contribution in [3.63, 3.8) is 0 Å². The Morgan fingerprint density at radius 3 is 2.71 bits per heavy atom. The first kappa shape index (κ1) is 12.5. The SMILES string of the molecule is C#CCN(CC(=O)O)c1ccccc1[N+](=O)[O-]. The summed E-state index contributed by atoms with van der Waals surface area (Å²) in [6.07, 6.45) is 5.11. The fraction of sp³-hybridized carbons (Fsp3) is 0.182. The van der Waals surface area contributed by atoms with Gasteiger partial charge in [-0.1, -0.05) is 18.1 Å². The van der Waals surface area contributed by atoms with E-state index < -0.39 is 10.9 Å². The van der Waals surface area contributed by atoms with Crippen LogP contribution in [-0.4, -0.2) is 29.1 Å². The van der Waals surface area contributed by atoms with E-state index in [0.717, 1.165) is 0 Å². The van der Waals surface area contributed by atoms with Gasteiger partial charge in [-0.05, 0) is 6.07 Å². The van der Waals surface area contributed by atoms with Crippen molar-refractivity contribution in [2.45, 2.75) is 0 Å². The van der Waals surface area contributed by atoms with Crippen LogP contribution in [0.1, 0.15) is 0 Å². The summed E-state index contributed by atoms with van der Waals surface area (Å²) >= 11 is 0. The van der Waals surface area contributed by atoms with Crippen LogP contribution in [0.3, 0.4) is 0 Å². The fourth-order valence-corrected chi connectivity index (χ4v) is 1.39. The number of hydrogen-bond donors (Lipinski definition) is 1. The van der Waals surface area contributed by atoms with Crippen molar-refractivity contribution in [1.29, 1.82) is 0 Å². The van der Waals surface area contributed by atoms with Crippen LogP contribution in [0.15, 0.2) is 24.3 Å². The Labute approximate surface area is 97.6 Å². The molecule has 0 aliphatic rings. The van der Waals surface area contributed by atoms with E-state index in [2.05, 4.69) is 5.92 Å². The lowest BCUT2D eigenvalue weighted by molar-refractivity contribution is -0.384. The van der Waals surface area contributed by atoms with Crippen molar-refractivity contribution in [3.8, 4) is 12.3 Å². The molecule has 0 radical (unpaired) electrons. The maximum atomic E-state index is 10.8. The van der Waals surface area contributed by atoms with Crippen LogP contribution in [0.25, 0.3) is 0 Å². The molecule has 0 heterocycles. The molecule has 1 rings (SSSR count). The van der Waals surface area contributed by atoms with Gasteiger partial charge in [-0.3, -0.25) is 14.9 Å². The van der Waals surface area contributed by atoms with Gasteiger partial charge in [0.15, 0.2) is 0 Å². The largest absolute Gasteiger partial charge is 0.480 e. The summed E-state index contributed by atoms with van der Waals surface area (Å²) in [6, 6.07) is 5.88. The molecule has 88 valence electrons. The van der Waals surface area contributed by atoms with E-state index in [9.17, 15) is 14.9 Å². The lowest BCUT2D eigenvalue weighted by Crippen LogP contribution is -2.30. The average molecular weight is 234 g/mol. The van der Waals surface area contributed by atoms with Gasteiger partial charge in [0.25, 0.3) is 5.69 Å². The predicted octanol–water partition coefficient (Wildman–Crippen LogP) is 1.12. The second kappa shape index (κ2) is 5.51. The molecule has 0 bridgehead atoms. The topological polar surface area (TPSA) is 83.7 Å². The second-order valence-corrected chi connectivity index (χ2v) is 3.20. The van der Waals surface area contributed by atoms with Crippen LogP contribution in [-0.2, 0) is 4.79 Å². The minimum atomic E-state index is -1.10. The molecule has 17 heavy (non-hydrogen) atoms. The Balaban J connectivity index is 3.13. The zero-order valence-corrected chi connectivity index (χ0v) is 8.87. The van der Waals surface area contributed by atoms with Crippen molar-refractivity contribution in [2.24, 2.45) is 0 Å². The second-order valence-electron chi connectivity index (χ2n) is 3.20. The van der Waals surface area contributed by atoms with Crippen molar-refractivity contribution in [1.82, 2.24) is 0 Å². The van der Waals surface area contributed by atoms with E-state index in [4.69, 9.17) is 11.5 Å². The zero-order chi connectivity index (χ0) is 12.8. The van der Waals surface area contributed by atoms with Crippen LogP contribution in [0, 0.1) is 22.5 Å². The molecule has 1 N–H and O–H groups in total. The summed E-state index contributed by atoms with van der Waals surface area (Å²) in [5, 5.41) is 19.5. The number of nitrogens with zero attached hydrogens (tertiary/aromatic N) is 2. The number of nitro groups is 1. The third-order valence-electron chi connectivity index (χ3n) is 2.03. The number of terminal acetylenes is 1. The minimum absolute atomic E-state index is 0.00282. The molecule has 0 spiro atoms. The molecule has 0 aliphatic carbocycles. The van der Waals surface area contributed by atoms with E-state index >= 15 is 0 Å². The third-order valence-corrected chi connectivity index (χ3v) is 2.03. The molecule has 6 heteroatoms. The molecule has 0 saturated heterocycles. The molecule has 0 unspecified atom stereocenters. The molecule has 6 nitrogen and oxygen atoms in total. The number of hydrogen-bond acceptors (Lipinski definition) is 4. The molecule has 0 fully saturated rings. The number of carboxylic acids is 1.